The fraction of sp³-hybridized carbons (Fsp3) is 0.333. The number of aliphatic hydroxyl groups excluding tert-OH is 2. The molecule has 1 rings (SSSR count). The molecule has 0 fully saturated rings. The fourth-order valence-corrected chi connectivity index (χ4v) is 1.11. The summed E-state index contributed by atoms with van der Waals surface area (Å²) < 4.78 is 10.5. The van der Waals surface area contributed by atoms with Crippen LogP contribution in [0.1, 0.15) is 0 Å². The lowest BCUT2D eigenvalue weighted by atomic mass is 10.2. The standard InChI is InChI=1S/C12H16O4/c13-7-9-15-11-3-1-4-12(6-2-5-11)16-10-8-14/h1-6,13-14H,7-10H2/b3-1-,4-1?,5-2?,6-2-,11-3?,11-5+,12-4+,12-6?. The van der Waals surface area contributed by atoms with Crippen molar-refractivity contribution in [1.29, 1.82) is 0 Å². The molecule has 4 heteroatoms. The van der Waals surface area contributed by atoms with Crippen LogP contribution < -0.4 is 0 Å². The van der Waals surface area contributed by atoms with Crippen molar-refractivity contribution in [2.24, 2.45) is 0 Å². The minimum Gasteiger partial charge on any atom is -0.491 e. The largest absolute Gasteiger partial charge is 0.491 e. The lowest BCUT2D eigenvalue weighted by Crippen LogP contribution is -1.99. The molecule has 1 aliphatic carbocycles. The van der Waals surface area contributed by atoms with Crippen LogP contribution in [0.25, 0.3) is 0 Å². The third kappa shape index (κ3) is 4.82. The Morgan fingerprint density at radius 1 is 0.812 bits per heavy atom. The molecule has 0 spiro atoms. The maximum Gasteiger partial charge on any atom is 0.119 e. The van der Waals surface area contributed by atoms with Crippen molar-refractivity contribution in [2.75, 3.05) is 26.4 Å². The minimum atomic E-state index is -0.00437. The molecule has 0 unspecified atom stereocenters. The smallest absolute Gasteiger partial charge is 0.119 e. The van der Waals surface area contributed by atoms with E-state index in [0.717, 1.165) is 0 Å². The van der Waals surface area contributed by atoms with E-state index in [1.165, 1.54) is 0 Å². The van der Waals surface area contributed by atoms with Crippen molar-refractivity contribution >= 4 is 0 Å². The van der Waals surface area contributed by atoms with Gasteiger partial charge in [0.15, 0.2) is 0 Å². The zero-order valence-electron chi connectivity index (χ0n) is 9.00. The van der Waals surface area contributed by atoms with Crippen LogP contribution in [0.4, 0.5) is 0 Å². The molecule has 88 valence electrons. The monoisotopic (exact) mass is 224 g/mol. The summed E-state index contributed by atoms with van der Waals surface area (Å²) in [4.78, 5) is 0. The second-order valence-corrected chi connectivity index (χ2v) is 3.00. The van der Waals surface area contributed by atoms with Gasteiger partial charge < -0.3 is 19.7 Å². The highest BCUT2D eigenvalue weighted by molar-refractivity contribution is 5.30. The molecule has 16 heavy (non-hydrogen) atoms. The summed E-state index contributed by atoms with van der Waals surface area (Å²) in [5.74, 6) is 1.37. The molecule has 2 N–H and O–H groups in total. The Kier molecular flexibility index (Phi) is 6.06. The third-order valence-electron chi connectivity index (χ3n) is 1.76. The summed E-state index contributed by atoms with van der Waals surface area (Å²) in [6, 6.07) is 0. The lowest BCUT2D eigenvalue weighted by Gasteiger charge is -2.07. The first kappa shape index (κ1) is 12.5. The van der Waals surface area contributed by atoms with Crippen molar-refractivity contribution in [1.82, 2.24) is 0 Å². The second kappa shape index (κ2) is 7.73. The molecular formula is C12H16O4. The molecule has 0 aromatic rings. The number of hydrogen-bond donors (Lipinski definition) is 2. The quantitative estimate of drug-likeness (QED) is 0.703. The lowest BCUT2D eigenvalue weighted by molar-refractivity contribution is 0.150. The van der Waals surface area contributed by atoms with Gasteiger partial charge in [0.2, 0.25) is 0 Å². The van der Waals surface area contributed by atoms with Crippen LogP contribution in [0.3, 0.4) is 0 Å². The van der Waals surface area contributed by atoms with Crippen LogP contribution in [0.15, 0.2) is 48.0 Å². The van der Waals surface area contributed by atoms with Crippen molar-refractivity contribution in [2.45, 2.75) is 0 Å². The number of ether oxygens (including phenoxy) is 2. The van der Waals surface area contributed by atoms with Crippen LogP contribution in [-0.2, 0) is 9.47 Å². The van der Waals surface area contributed by atoms with E-state index < -0.39 is 0 Å². The molecule has 0 saturated heterocycles. The van der Waals surface area contributed by atoms with Gasteiger partial charge >= 0.3 is 0 Å². The van der Waals surface area contributed by atoms with Gasteiger partial charge in [0, 0.05) is 0 Å². The summed E-state index contributed by atoms with van der Waals surface area (Å²) in [6.45, 7) is 0.550. The summed E-state index contributed by atoms with van der Waals surface area (Å²) in [7, 11) is 0. The molecule has 0 heterocycles. The Morgan fingerprint density at radius 3 is 1.62 bits per heavy atom. The van der Waals surface area contributed by atoms with Gasteiger partial charge in [-0.25, -0.2) is 0 Å². The van der Waals surface area contributed by atoms with Gasteiger partial charge in [-0.15, -0.1) is 0 Å². The Bertz CT molecular complexity index is 281. The van der Waals surface area contributed by atoms with Crippen molar-refractivity contribution in [3.8, 4) is 0 Å². The first-order valence-corrected chi connectivity index (χ1v) is 5.11. The highest BCUT2D eigenvalue weighted by Crippen LogP contribution is 2.08. The van der Waals surface area contributed by atoms with E-state index >= 15 is 0 Å². The number of aliphatic hydroxyl groups is 2. The highest BCUT2D eigenvalue weighted by Gasteiger charge is 1.96. The summed E-state index contributed by atoms with van der Waals surface area (Å²) in [6.07, 6.45) is 10.7. The molecule has 0 bridgehead atoms. The molecule has 1 aliphatic rings. The predicted molar refractivity (Wildman–Crippen MR) is 60.5 cm³/mol. The fourth-order valence-electron chi connectivity index (χ4n) is 1.11. The van der Waals surface area contributed by atoms with Crippen LogP contribution in [0.5, 0.6) is 0 Å². The van der Waals surface area contributed by atoms with E-state index in [2.05, 4.69) is 0 Å². The van der Waals surface area contributed by atoms with Crippen molar-refractivity contribution < 1.29 is 19.7 Å². The Hall–Kier alpha value is -1.52. The molecule has 0 amide bonds. The second-order valence-electron chi connectivity index (χ2n) is 3.00. The van der Waals surface area contributed by atoms with E-state index in [1.807, 2.05) is 0 Å². The average Bonchev–Trinajstić information content (AvgIpc) is 2.26. The molecule has 0 saturated carbocycles. The molecule has 0 aromatic carbocycles. The van der Waals surface area contributed by atoms with E-state index in [0.29, 0.717) is 11.5 Å². The Labute approximate surface area is 94.8 Å². The maximum absolute atomic E-state index is 8.61. The van der Waals surface area contributed by atoms with Crippen LogP contribution in [-0.4, -0.2) is 36.6 Å². The highest BCUT2D eigenvalue weighted by atomic mass is 16.5. The van der Waals surface area contributed by atoms with E-state index in [1.54, 1.807) is 36.5 Å². The topological polar surface area (TPSA) is 58.9 Å². The van der Waals surface area contributed by atoms with Crippen molar-refractivity contribution in [3.05, 3.63) is 48.0 Å². The SMILES string of the molecule is OCCOC1=C/C=C\C(OCCO)=C/C=C\1. The maximum atomic E-state index is 8.61. The van der Waals surface area contributed by atoms with Gasteiger partial charge in [-0.3, -0.25) is 0 Å². The van der Waals surface area contributed by atoms with Crippen LogP contribution >= 0.6 is 0 Å². The normalized spacial score (nSPS) is 25.4. The number of hydrogen-bond acceptors (Lipinski definition) is 4. The Morgan fingerprint density at radius 2 is 1.25 bits per heavy atom. The van der Waals surface area contributed by atoms with Gasteiger partial charge in [-0.2, -0.15) is 0 Å². The number of rotatable bonds is 6. The van der Waals surface area contributed by atoms with Gasteiger partial charge in [0.05, 0.1) is 13.2 Å². The van der Waals surface area contributed by atoms with E-state index in [9.17, 15) is 0 Å². The van der Waals surface area contributed by atoms with E-state index in [-0.39, 0.29) is 26.4 Å². The zero-order valence-corrected chi connectivity index (χ0v) is 9.00. The molecule has 0 aliphatic heterocycles. The summed E-state index contributed by atoms with van der Waals surface area (Å²) >= 11 is 0. The molecule has 0 atom stereocenters. The first-order valence-electron chi connectivity index (χ1n) is 5.11. The van der Waals surface area contributed by atoms with E-state index in [4.69, 9.17) is 19.7 Å². The zero-order chi connectivity index (χ0) is 11.6. The molecular weight excluding hydrogens is 208 g/mol. The first-order chi connectivity index (χ1) is 7.86. The number of allylic oxidation sites excluding steroid dienone is 6. The molecule has 0 aromatic heterocycles. The van der Waals surface area contributed by atoms with Gasteiger partial charge in [-0.05, 0) is 24.3 Å². The van der Waals surface area contributed by atoms with Crippen LogP contribution in [0.2, 0.25) is 0 Å². The Balaban J connectivity index is 2.51. The van der Waals surface area contributed by atoms with Crippen LogP contribution in [0, 0.1) is 0 Å². The van der Waals surface area contributed by atoms with Gasteiger partial charge in [0.25, 0.3) is 0 Å². The molecule has 0 radical (unpaired) electrons. The summed E-state index contributed by atoms with van der Waals surface area (Å²) in [5, 5.41) is 17.2. The van der Waals surface area contributed by atoms with Gasteiger partial charge in [0.1, 0.15) is 24.7 Å². The third-order valence-corrected chi connectivity index (χ3v) is 1.76. The van der Waals surface area contributed by atoms with Crippen molar-refractivity contribution in [3.63, 3.8) is 0 Å². The summed E-state index contributed by atoms with van der Waals surface area (Å²) in [5.41, 5.74) is 0. The minimum absolute atomic E-state index is 0.00437. The molecule has 4 nitrogen and oxygen atoms in total. The average molecular weight is 224 g/mol. The predicted octanol–water partition coefficient (Wildman–Crippen LogP) is 0.898. The van der Waals surface area contributed by atoms with Gasteiger partial charge in [-0.1, -0.05) is 12.2 Å².